The first-order chi connectivity index (χ1) is 16.7. The van der Waals surface area contributed by atoms with E-state index in [0.717, 1.165) is 25.4 Å². The number of halogens is 6. The molecule has 202 valence electrons. The second-order valence-electron chi connectivity index (χ2n) is 8.49. The summed E-state index contributed by atoms with van der Waals surface area (Å²) in [6.45, 7) is 3.66. The van der Waals surface area contributed by atoms with Gasteiger partial charge in [0, 0.05) is 31.2 Å². The van der Waals surface area contributed by atoms with E-state index in [9.17, 15) is 31.1 Å². The number of hydrogen-bond acceptors (Lipinski definition) is 6. The van der Waals surface area contributed by atoms with Gasteiger partial charge in [0.05, 0.1) is 30.9 Å². The molecule has 1 aromatic rings. The summed E-state index contributed by atoms with van der Waals surface area (Å²) < 4.78 is 69.1. The van der Waals surface area contributed by atoms with Gasteiger partial charge in [-0.25, -0.2) is 9.59 Å². The van der Waals surface area contributed by atoms with Crippen LogP contribution in [0.25, 0.3) is 0 Å². The number of carboxylic acid groups (broad SMARTS) is 2. The quantitative estimate of drug-likeness (QED) is 0.508. The molecule has 3 heterocycles. The maximum absolute atomic E-state index is 12.9. The predicted molar refractivity (Wildman–Crippen MR) is 109 cm³/mol. The zero-order valence-electron chi connectivity index (χ0n) is 18.8. The van der Waals surface area contributed by atoms with Crippen molar-refractivity contribution in [2.45, 2.75) is 44.2 Å². The number of pyridine rings is 1. The molecule has 3 N–H and O–H groups in total. The van der Waals surface area contributed by atoms with Gasteiger partial charge in [-0.15, -0.1) is 0 Å². The highest BCUT2D eigenvalue weighted by Crippen LogP contribution is 2.44. The number of nitrogens with zero attached hydrogens (tertiary/aromatic N) is 2. The molecule has 1 saturated carbocycles. The van der Waals surface area contributed by atoms with Crippen molar-refractivity contribution >= 4 is 17.8 Å². The summed E-state index contributed by atoms with van der Waals surface area (Å²) in [7, 11) is 0. The lowest BCUT2D eigenvalue weighted by Gasteiger charge is -2.36. The largest absolute Gasteiger partial charge is 0.490 e. The third kappa shape index (κ3) is 7.78. The molecule has 36 heavy (non-hydrogen) atoms. The molecule has 2 atom stereocenters. The number of carbonyl (C=O) groups excluding carboxylic acids is 1. The summed E-state index contributed by atoms with van der Waals surface area (Å²) >= 11 is 0. The minimum absolute atomic E-state index is 0.141. The summed E-state index contributed by atoms with van der Waals surface area (Å²) in [4.78, 5) is 37.4. The molecule has 4 rings (SSSR count). The van der Waals surface area contributed by atoms with Crippen LogP contribution in [0.4, 0.5) is 26.3 Å². The number of ether oxygens (including phenoxy) is 1. The van der Waals surface area contributed by atoms with E-state index in [1.54, 1.807) is 6.20 Å². The van der Waals surface area contributed by atoms with Crippen molar-refractivity contribution in [3.05, 3.63) is 30.1 Å². The number of carboxylic acids is 2. The SMILES string of the molecule is O=C(NCc1ccccn1)[C@]12COC[C@H]1CN(C1CCC1)C2.O=C(O)C(F)(F)F.O=C(O)C(F)(F)F. The highest BCUT2D eigenvalue weighted by atomic mass is 19.4. The van der Waals surface area contributed by atoms with Gasteiger partial charge in [-0.1, -0.05) is 12.5 Å². The minimum Gasteiger partial charge on any atom is -0.475 e. The fraction of sp³-hybridized carbons (Fsp3) is 0.619. The lowest BCUT2D eigenvalue weighted by atomic mass is 9.80. The van der Waals surface area contributed by atoms with E-state index < -0.39 is 24.3 Å². The third-order valence-electron chi connectivity index (χ3n) is 6.08. The Hall–Kier alpha value is -2.94. The summed E-state index contributed by atoms with van der Waals surface area (Å²) in [5.74, 6) is -5.03. The molecule has 15 heteroatoms. The van der Waals surface area contributed by atoms with Crippen molar-refractivity contribution in [1.29, 1.82) is 0 Å². The van der Waals surface area contributed by atoms with Crippen molar-refractivity contribution in [2.24, 2.45) is 11.3 Å². The molecule has 3 fully saturated rings. The molecular formula is C21H25F6N3O6. The zero-order chi connectivity index (χ0) is 27.1. The summed E-state index contributed by atoms with van der Waals surface area (Å²) in [5, 5.41) is 17.3. The second kappa shape index (κ2) is 11.9. The molecule has 1 aliphatic carbocycles. The van der Waals surface area contributed by atoms with Gasteiger partial charge in [-0.3, -0.25) is 14.7 Å². The first kappa shape index (κ1) is 29.3. The Labute approximate surface area is 201 Å². The number of hydrogen-bond donors (Lipinski definition) is 3. The van der Waals surface area contributed by atoms with Crippen LogP contribution in [0.5, 0.6) is 0 Å². The van der Waals surface area contributed by atoms with Crippen LogP contribution >= 0.6 is 0 Å². The number of alkyl halides is 6. The van der Waals surface area contributed by atoms with Gasteiger partial charge in [0.1, 0.15) is 0 Å². The van der Waals surface area contributed by atoms with E-state index in [1.165, 1.54) is 19.3 Å². The normalized spacial score (nSPS) is 23.8. The molecule has 2 aliphatic heterocycles. The van der Waals surface area contributed by atoms with Crippen molar-refractivity contribution in [2.75, 3.05) is 26.3 Å². The Balaban J connectivity index is 0.000000271. The number of likely N-dealkylation sites (tertiary alicyclic amines) is 1. The van der Waals surface area contributed by atoms with E-state index in [2.05, 4.69) is 15.2 Å². The lowest BCUT2D eigenvalue weighted by molar-refractivity contribution is -0.193. The number of nitrogens with one attached hydrogen (secondary N) is 1. The number of aliphatic carboxylic acids is 2. The standard InChI is InChI=1S/C17H23N3O2.2C2HF3O2/c21-16(19-8-14-4-1-2-7-18-14)17-11-20(15-5-3-6-15)9-13(17)10-22-12-17;2*3-2(4,5)1(6)7/h1-2,4,7,13,15H,3,5-6,8-12H2,(H,19,21);2*(H,6,7)/t13-,17-;;/m1../s1. The van der Waals surface area contributed by atoms with Crippen LogP contribution in [0.1, 0.15) is 25.0 Å². The molecule has 9 nitrogen and oxygen atoms in total. The predicted octanol–water partition coefficient (Wildman–Crippen LogP) is 2.47. The average molecular weight is 529 g/mol. The molecule has 0 aromatic carbocycles. The number of carbonyl (C=O) groups is 3. The molecule has 2 saturated heterocycles. The maximum Gasteiger partial charge on any atom is 0.490 e. The smallest absolute Gasteiger partial charge is 0.475 e. The molecule has 0 spiro atoms. The summed E-state index contributed by atoms with van der Waals surface area (Å²) in [5.41, 5.74) is 0.557. The van der Waals surface area contributed by atoms with E-state index in [0.29, 0.717) is 25.1 Å². The Morgan fingerprint density at radius 2 is 1.67 bits per heavy atom. The fourth-order valence-electron chi connectivity index (χ4n) is 3.98. The van der Waals surface area contributed by atoms with Crippen LogP contribution in [0, 0.1) is 11.3 Å². The van der Waals surface area contributed by atoms with Crippen molar-refractivity contribution < 1.29 is 55.7 Å². The molecular weight excluding hydrogens is 504 g/mol. The van der Waals surface area contributed by atoms with Crippen LogP contribution < -0.4 is 5.32 Å². The molecule has 0 radical (unpaired) electrons. The number of fused-ring (bicyclic) bond motifs is 1. The van der Waals surface area contributed by atoms with Gasteiger partial charge >= 0.3 is 24.3 Å². The van der Waals surface area contributed by atoms with Gasteiger partial charge in [-0.05, 0) is 25.0 Å². The molecule has 1 aromatic heterocycles. The Morgan fingerprint density at radius 3 is 2.11 bits per heavy atom. The highest BCUT2D eigenvalue weighted by Gasteiger charge is 2.56. The average Bonchev–Trinajstić information content (AvgIpc) is 3.29. The number of amides is 1. The van der Waals surface area contributed by atoms with E-state index in [4.69, 9.17) is 24.5 Å². The highest BCUT2D eigenvalue weighted by molar-refractivity contribution is 5.84. The fourth-order valence-corrected chi connectivity index (χ4v) is 3.98. The first-order valence-corrected chi connectivity index (χ1v) is 10.8. The zero-order valence-corrected chi connectivity index (χ0v) is 18.8. The molecule has 0 unspecified atom stereocenters. The molecule has 3 aliphatic rings. The maximum atomic E-state index is 12.9. The molecule has 0 bridgehead atoms. The molecule has 1 amide bonds. The van der Waals surface area contributed by atoms with Crippen LogP contribution in [0.3, 0.4) is 0 Å². The summed E-state index contributed by atoms with van der Waals surface area (Å²) in [6.07, 6.45) is -4.49. The Kier molecular flexibility index (Phi) is 9.65. The van der Waals surface area contributed by atoms with E-state index in [1.807, 2.05) is 18.2 Å². The van der Waals surface area contributed by atoms with Crippen LogP contribution in [-0.4, -0.2) is 82.6 Å². The van der Waals surface area contributed by atoms with E-state index in [-0.39, 0.29) is 11.3 Å². The Bertz CT molecular complexity index is 886. The van der Waals surface area contributed by atoms with E-state index >= 15 is 0 Å². The monoisotopic (exact) mass is 529 g/mol. The minimum atomic E-state index is -5.08. The van der Waals surface area contributed by atoms with Crippen molar-refractivity contribution in [3.63, 3.8) is 0 Å². The van der Waals surface area contributed by atoms with Gasteiger partial charge in [0.2, 0.25) is 5.91 Å². The van der Waals surface area contributed by atoms with Gasteiger partial charge < -0.3 is 20.3 Å². The van der Waals surface area contributed by atoms with Crippen LogP contribution in [0.2, 0.25) is 0 Å². The second-order valence-corrected chi connectivity index (χ2v) is 8.49. The van der Waals surface area contributed by atoms with Gasteiger partial charge in [-0.2, -0.15) is 26.3 Å². The first-order valence-electron chi connectivity index (χ1n) is 10.8. The van der Waals surface area contributed by atoms with Crippen LogP contribution in [-0.2, 0) is 25.7 Å². The van der Waals surface area contributed by atoms with Gasteiger partial charge in [0.25, 0.3) is 0 Å². The topological polar surface area (TPSA) is 129 Å². The van der Waals surface area contributed by atoms with Gasteiger partial charge in [0.15, 0.2) is 0 Å². The number of rotatable bonds is 4. The lowest BCUT2D eigenvalue weighted by Crippen LogP contribution is -2.48. The number of aromatic nitrogens is 1. The van der Waals surface area contributed by atoms with Crippen molar-refractivity contribution in [1.82, 2.24) is 15.2 Å². The third-order valence-corrected chi connectivity index (χ3v) is 6.08. The summed E-state index contributed by atoms with van der Waals surface area (Å²) in [6, 6.07) is 6.47. The Morgan fingerprint density at radius 1 is 1.08 bits per heavy atom. The van der Waals surface area contributed by atoms with Crippen molar-refractivity contribution in [3.8, 4) is 0 Å². The van der Waals surface area contributed by atoms with Crippen LogP contribution in [0.15, 0.2) is 24.4 Å².